The Hall–Kier alpha value is -3.88. The van der Waals surface area contributed by atoms with Gasteiger partial charge in [0.15, 0.2) is 0 Å². The van der Waals surface area contributed by atoms with Crippen LogP contribution < -0.4 is 16.4 Å². The van der Waals surface area contributed by atoms with Gasteiger partial charge >= 0.3 is 6.09 Å². The summed E-state index contributed by atoms with van der Waals surface area (Å²) in [6.45, 7) is 9.23. The van der Waals surface area contributed by atoms with Gasteiger partial charge in [0.2, 0.25) is 17.7 Å². The summed E-state index contributed by atoms with van der Waals surface area (Å²) < 4.78 is 5.32. The van der Waals surface area contributed by atoms with Crippen molar-refractivity contribution in [3.8, 4) is 0 Å². The Morgan fingerprint density at radius 2 is 1.71 bits per heavy atom. The number of primary amides is 1. The number of nitrogens with two attached hydrogens (primary N) is 1. The average Bonchev–Trinajstić information content (AvgIpc) is 3.65. The highest BCUT2D eigenvalue weighted by molar-refractivity contribution is 5.95. The minimum Gasteiger partial charge on any atom is -0.444 e. The number of nitrogens with zero attached hydrogens (tertiary/aromatic N) is 1. The predicted octanol–water partition coefficient (Wildman–Crippen LogP) is 3.42. The summed E-state index contributed by atoms with van der Waals surface area (Å²) in [6, 6.07) is 12.7. The minimum atomic E-state index is -1.28. The van der Waals surface area contributed by atoms with Gasteiger partial charge in [-0.25, -0.2) is 4.79 Å². The molecule has 0 saturated heterocycles. The molecule has 3 rings (SSSR count). The minimum absolute atomic E-state index is 0.216. The standard InChI is InChI=1S/C29H38N4O5/c1-18-11-14-22(19(2)15-18)25(26(35)31-17-20-9-7-6-8-10-20)33(21-12-13-21)27(36)23(16-24(30)34)32-28(37)38-29(3,4)5/h6-11,14-15,21,23,25H,12-13,16-17H2,1-5H3,(H2,30,34)(H,31,35)(H,32,37). The Morgan fingerprint density at radius 3 is 2.26 bits per heavy atom. The van der Waals surface area contributed by atoms with Gasteiger partial charge in [0.05, 0.1) is 6.42 Å². The maximum atomic E-state index is 14.0. The van der Waals surface area contributed by atoms with E-state index in [1.54, 1.807) is 20.8 Å². The summed E-state index contributed by atoms with van der Waals surface area (Å²) in [7, 11) is 0. The number of nitrogens with one attached hydrogen (secondary N) is 2. The highest BCUT2D eigenvalue weighted by Gasteiger charge is 2.44. The molecule has 1 saturated carbocycles. The number of aryl methyl sites for hydroxylation is 2. The summed E-state index contributed by atoms with van der Waals surface area (Å²) in [5.41, 5.74) is 8.12. The highest BCUT2D eigenvalue weighted by Crippen LogP contribution is 2.37. The molecule has 4 N–H and O–H groups in total. The number of hydrogen-bond acceptors (Lipinski definition) is 5. The summed E-state index contributed by atoms with van der Waals surface area (Å²) in [5.74, 6) is -1.67. The SMILES string of the molecule is Cc1ccc(C(C(=O)NCc2ccccc2)N(C(=O)C(CC(N)=O)NC(=O)OC(C)(C)C)C2CC2)c(C)c1. The van der Waals surface area contributed by atoms with E-state index >= 15 is 0 Å². The molecule has 2 unspecified atom stereocenters. The predicted molar refractivity (Wildman–Crippen MR) is 144 cm³/mol. The van der Waals surface area contributed by atoms with Crippen LogP contribution in [0.1, 0.15) is 68.3 Å². The Bertz CT molecular complexity index is 1170. The zero-order valence-corrected chi connectivity index (χ0v) is 22.7. The van der Waals surface area contributed by atoms with Crippen molar-refractivity contribution in [2.24, 2.45) is 5.73 Å². The molecular weight excluding hydrogens is 484 g/mol. The van der Waals surface area contributed by atoms with Gasteiger partial charge in [-0.1, -0.05) is 54.1 Å². The molecule has 9 heteroatoms. The molecule has 0 aliphatic heterocycles. The van der Waals surface area contributed by atoms with E-state index in [0.29, 0.717) is 18.4 Å². The molecular formula is C29H38N4O5. The maximum Gasteiger partial charge on any atom is 0.408 e. The van der Waals surface area contributed by atoms with Crippen LogP contribution in [0.5, 0.6) is 0 Å². The number of rotatable bonds is 10. The summed E-state index contributed by atoms with van der Waals surface area (Å²) >= 11 is 0. The number of hydrogen-bond donors (Lipinski definition) is 3. The van der Waals surface area contributed by atoms with Crippen molar-refractivity contribution in [2.45, 2.75) is 84.2 Å². The number of carbonyl (C=O) groups excluding carboxylic acids is 4. The Balaban J connectivity index is 1.97. The Kier molecular flexibility index (Phi) is 9.14. The molecule has 0 heterocycles. The van der Waals surface area contributed by atoms with E-state index in [-0.39, 0.29) is 18.5 Å². The third-order valence-corrected chi connectivity index (χ3v) is 6.15. The number of ether oxygens (including phenoxy) is 1. The van der Waals surface area contributed by atoms with Crippen LogP contribution in [-0.4, -0.2) is 46.4 Å². The molecule has 38 heavy (non-hydrogen) atoms. The number of benzene rings is 2. The van der Waals surface area contributed by atoms with Crippen LogP contribution in [0.2, 0.25) is 0 Å². The summed E-state index contributed by atoms with van der Waals surface area (Å²) in [4.78, 5) is 53.7. The van der Waals surface area contributed by atoms with Crippen LogP contribution in [0.3, 0.4) is 0 Å². The third kappa shape index (κ3) is 8.06. The van der Waals surface area contributed by atoms with Crippen LogP contribution in [0.4, 0.5) is 4.79 Å². The van der Waals surface area contributed by atoms with Gasteiger partial charge in [-0.15, -0.1) is 0 Å². The lowest BCUT2D eigenvalue weighted by molar-refractivity contribution is -0.144. The van der Waals surface area contributed by atoms with E-state index in [1.807, 2.05) is 62.4 Å². The Labute approximate surface area is 224 Å². The molecule has 204 valence electrons. The molecule has 0 radical (unpaired) electrons. The lowest BCUT2D eigenvalue weighted by Gasteiger charge is -2.35. The van der Waals surface area contributed by atoms with Gasteiger partial charge < -0.3 is 26.0 Å². The fourth-order valence-corrected chi connectivity index (χ4v) is 4.33. The second-order valence-corrected chi connectivity index (χ2v) is 10.8. The third-order valence-electron chi connectivity index (χ3n) is 6.15. The van der Waals surface area contributed by atoms with E-state index in [0.717, 1.165) is 16.7 Å². The second kappa shape index (κ2) is 12.1. The first-order valence-corrected chi connectivity index (χ1v) is 12.8. The van der Waals surface area contributed by atoms with Crippen molar-refractivity contribution < 1.29 is 23.9 Å². The van der Waals surface area contributed by atoms with Gasteiger partial charge in [0.1, 0.15) is 17.7 Å². The zero-order valence-electron chi connectivity index (χ0n) is 22.7. The second-order valence-electron chi connectivity index (χ2n) is 10.8. The summed E-state index contributed by atoms with van der Waals surface area (Å²) in [6.07, 6.45) is 0.139. The van der Waals surface area contributed by atoms with E-state index in [2.05, 4.69) is 10.6 Å². The normalized spacial score (nSPS) is 14.7. The highest BCUT2D eigenvalue weighted by atomic mass is 16.6. The monoisotopic (exact) mass is 522 g/mol. The van der Waals surface area contributed by atoms with Crippen molar-refractivity contribution in [1.29, 1.82) is 0 Å². The van der Waals surface area contributed by atoms with Gasteiger partial charge in [-0.3, -0.25) is 14.4 Å². The van der Waals surface area contributed by atoms with Crippen molar-refractivity contribution in [3.63, 3.8) is 0 Å². The molecule has 0 spiro atoms. The van der Waals surface area contributed by atoms with E-state index < -0.39 is 42.0 Å². The molecule has 0 aromatic heterocycles. The lowest BCUT2D eigenvalue weighted by atomic mass is 9.96. The average molecular weight is 523 g/mol. The molecule has 1 fully saturated rings. The first-order valence-electron chi connectivity index (χ1n) is 12.8. The van der Waals surface area contributed by atoms with Crippen LogP contribution in [0.25, 0.3) is 0 Å². The smallest absolute Gasteiger partial charge is 0.408 e. The first-order chi connectivity index (χ1) is 17.9. The molecule has 1 aliphatic rings. The molecule has 2 atom stereocenters. The Morgan fingerprint density at radius 1 is 1.05 bits per heavy atom. The van der Waals surface area contributed by atoms with E-state index in [4.69, 9.17) is 10.5 Å². The molecule has 9 nitrogen and oxygen atoms in total. The maximum absolute atomic E-state index is 14.0. The topological polar surface area (TPSA) is 131 Å². The van der Waals surface area contributed by atoms with Gasteiger partial charge in [-0.2, -0.15) is 0 Å². The zero-order chi connectivity index (χ0) is 28.0. The van der Waals surface area contributed by atoms with Gasteiger partial charge in [0.25, 0.3) is 0 Å². The molecule has 2 aromatic rings. The van der Waals surface area contributed by atoms with Crippen molar-refractivity contribution >= 4 is 23.8 Å². The van der Waals surface area contributed by atoms with E-state index in [9.17, 15) is 19.2 Å². The quantitative estimate of drug-likeness (QED) is 0.440. The van der Waals surface area contributed by atoms with Crippen LogP contribution >= 0.6 is 0 Å². The van der Waals surface area contributed by atoms with Crippen molar-refractivity contribution in [3.05, 3.63) is 70.8 Å². The first kappa shape index (κ1) is 28.7. The van der Waals surface area contributed by atoms with Crippen LogP contribution in [0, 0.1) is 13.8 Å². The molecule has 0 bridgehead atoms. The van der Waals surface area contributed by atoms with Gasteiger partial charge in [0, 0.05) is 12.6 Å². The molecule has 1 aliphatic carbocycles. The molecule has 4 amide bonds. The van der Waals surface area contributed by atoms with Gasteiger partial charge in [-0.05, 0) is 64.2 Å². The van der Waals surface area contributed by atoms with Crippen molar-refractivity contribution in [2.75, 3.05) is 0 Å². The van der Waals surface area contributed by atoms with Crippen molar-refractivity contribution in [1.82, 2.24) is 15.5 Å². The molecule has 2 aromatic carbocycles. The van der Waals surface area contributed by atoms with Crippen LogP contribution in [0.15, 0.2) is 48.5 Å². The number of carbonyl (C=O) groups is 4. The number of amides is 4. The fourth-order valence-electron chi connectivity index (χ4n) is 4.33. The number of alkyl carbamates (subject to hydrolysis) is 1. The van der Waals surface area contributed by atoms with E-state index in [1.165, 1.54) is 4.90 Å². The fraction of sp³-hybridized carbons (Fsp3) is 0.448. The van der Waals surface area contributed by atoms with Crippen LogP contribution in [-0.2, 0) is 25.7 Å². The largest absolute Gasteiger partial charge is 0.444 e. The lowest BCUT2D eigenvalue weighted by Crippen LogP contribution is -2.54. The summed E-state index contributed by atoms with van der Waals surface area (Å²) in [5, 5.41) is 5.48.